The lowest BCUT2D eigenvalue weighted by molar-refractivity contribution is -0.120. The standard InChI is InChI=1S/C24H21Br2NO4/c1-30-19-7-9-22(26)18(14-19)15-23(28)27-12-11-17-13-20(8-10-21(17)25)31-24(29)16-5-3-2-4-6-16/h2-10,13-14H,11-12,15H2,1H3,(H,27,28). The molecule has 1 amide bonds. The quantitative estimate of drug-likeness (QED) is 0.306. The minimum absolute atomic E-state index is 0.0864. The smallest absolute Gasteiger partial charge is 0.343 e. The van der Waals surface area contributed by atoms with Gasteiger partial charge >= 0.3 is 5.97 Å². The van der Waals surface area contributed by atoms with Crippen LogP contribution in [0.25, 0.3) is 0 Å². The second-order valence-corrected chi connectivity index (χ2v) is 8.45. The van der Waals surface area contributed by atoms with Gasteiger partial charge in [-0.3, -0.25) is 4.79 Å². The van der Waals surface area contributed by atoms with Crippen molar-refractivity contribution in [1.82, 2.24) is 5.32 Å². The maximum absolute atomic E-state index is 12.4. The van der Waals surface area contributed by atoms with Crippen LogP contribution in [-0.2, 0) is 17.6 Å². The van der Waals surface area contributed by atoms with E-state index in [-0.39, 0.29) is 12.3 Å². The lowest BCUT2D eigenvalue weighted by Gasteiger charge is -2.11. The Morgan fingerprint density at radius 1 is 0.871 bits per heavy atom. The molecule has 5 nitrogen and oxygen atoms in total. The fraction of sp³-hybridized carbons (Fsp3) is 0.167. The Bertz CT molecular complexity index is 1070. The molecule has 0 aliphatic heterocycles. The van der Waals surface area contributed by atoms with Crippen molar-refractivity contribution >= 4 is 43.7 Å². The Balaban J connectivity index is 1.56. The summed E-state index contributed by atoms with van der Waals surface area (Å²) in [5, 5.41) is 2.93. The monoisotopic (exact) mass is 545 g/mol. The van der Waals surface area contributed by atoms with Gasteiger partial charge in [-0.25, -0.2) is 4.79 Å². The summed E-state index contributed by atoms with van der Waals surface area (Å²) < 4.78 is 12.4. The lowest BCUT2D eigenvalue weighted by atomic mass is 10.1. The zero-order valence-electron chi connectivity index (χ0n) is 16.9. The van der Waals surface area contributed by atoms with Crippen LogP contribution < -0.4 is 14.8 Å². The van der Waals surface area contributed by atoms with E-state index >= 15 is 0 Å². The first kappa shape index (κ1) is 23.0. The molecule has 0 heterocycles. The van der Waals surface area contributed by atoms with Gasteiger partial charge in [0.25, 0.3) is 0 Å². The van der Waals surface area contributed by atoms with Gasteiger partial charge in [-0.05, 0) is 66.1 Å². The number of amides is 1. The molecule has 3 aromatic rings. The van der Waals surface area contributed by atoms with E-state index in [1.54, 1.807) is 43.5 Å². The van der Waals surface area contributed by atoms with Crippen molar-refractivity contribution in [1.29, 1.82) is 0 Å². The summed E-state index contributed by atoms with van der Waals surface area (Å²) in [5.74, 6) is 0.665. The first-order valence-electron chi connectivity index (χ1n) is 9.61. The number of ether oxygens (including phenoxy) is 2. The van der Waals surface area contributed by atoms with Crippen molar-refractivity contribution in [3.05, 3.63) is 92.4 Å². The summed E-state index contributed by atoms with van der Waals surface area (Å²) in [5.41, 5.74) is 2.28. The number of carbonyl (C=O) groups is 2. The molecule has 0 spiro atoms. The Kier molecular flexibility index (Phi) is 8.26. The Labute approximate surface area is 198 Å². The van der Waals surface area contributed by atoms with Gasteiger partial charge in [0.1, 0.15) is 11.5 Å². The number of hydrogen-bond acceptors (Lipinski definition) is 4. The van der Waals surface area contributed by atoms with E-state index in [1.165, 1.54) is 0 Å². The number of benzene rings is 3. The molecule has 0 saturated carbocycles. The van der Waals surface area contributed by atoms with Gasteiger partial charge in [-0.2, -0.15) is 0 Å². The number of nitrogens with one attached hydrogen (secondary N) is 1. The van der Waals surface area contributed by atoms with Crippen molar-refractivity contribution in [2.45, 2.75) is 12.8 Å². The van der Waals surface area contributed by atoms with E-state index in [1.807, 2.05) is 30.3 Å². The third-order valence-electron chi connectivity index (χ3n) is 4.56. The van der Waals surface area contributed by atoms with E-state index < -0.39 is 5.97 Å². The molecule has 7 heteroatoms. The summed E-state index contributed by atoms with van der Waals surface area (Å²) in [6.07, 6.45) is 0.829. The molecule has 0 unspecified atom stereocenters. The van der Waals surface area contributed by atoms with E-state index in [0.717, 1.165) is 20.1 Å². The van der Waals surface area contributed by atoms with Gasteiger partial charge in [0.05, 0.1) is 19.1 Å². The largest absolute Gasteiger partial charge is 0.497 e. The highest BCUT2D eigenvalue weighted by atomic mass is 79.9. The van der Waals surface area contributed by atoms with Crippen LogP contribution in [0.1, 0.15) is 21.5 Å². The van der Waals surface area contributed by atoms with Gasteiger partial charge < -0.3 is 14.8 Å². The Morgan fingerprint density at radius 3 is 2.23 bits per heavy atom. The highest BCUT2D eigenvalue weighted by molar-refractivity contribution is 9.10. The van der Waals surface area contributed by atoms with E-state index in [4.69, 9.17) is 9.47 Å². The van der Waals surface area contributed by atoms with Crippen molar-refractivity contribution < 1.29 is 19.1 Å². The van der Waals surface area contributed by atoms with E-state index in [0.29, 0.717) is 30.0 Å². The highest BCUT2D eigenvalue weighted by Crippen LogP contribution is 2.24. The summed E-state index contributed by atoms with van der Waals surface area (Å²) in [7, 11) is 1.59. The fourth-order valence-corrected chi connectivity index (χ4v) is 3.76. The summed E-state index contributed by atoms with van der Waals surface area (Å²) >= 11 is 6.98. The molecule has 0 aromatic heterocycles. The molecule has 31 heavy (non-hydrogen) atoms. The number of halogens is 2. The van der Waals surface area contributed by atoms with Crippen LogP contribution >= 0.6 is 31.9 Å². The van der Waals surface area contributed by atoms with Gasteiger partial charge in [0, 0.05) is 15.5 Å². The third-order valence-corrected chi connectivity index (χ3v) is 6.10. The maximum atomic E-state index is 12.4. The SMILES string of the molecule is COc1ccc(Br)c(CC(=O)NCCc2cc(OC(=O)c3ccccc3)ccc2Br)c1. The minimum Gasteiger partial charge on any atom is -0.497 e. The minimum atomic E-state index is -0.411. The topological polar surface area (TPSA) is 64.6 Å². The van der Waals surface area contributed by atoms with Crippen LogP contribution in [0.3, 0.4) is 0 Å². The lowest BCUT2D eigenvalue weighted by Crippen LogP contribution is -2.27. The molecule has 3 aromatic carbocycles. The van der Waals surface area contributed by atoms with Crippen molar-refractivity contribution in [3.8, 4) is 11.5 Å². The first-order valence-corrected chi connectivity index (χ1v) is 11.2. The molecule has 1 N–H and O–H groups in total. The Hall–Kier alpha value is -2.64. The first-order chi connectivity index (χ1) is 15.0. The average Bonchev–Trinajstić information content (AvgIpc) is 2.78. The maximum Gasteiger partial charge on any atom is 0.343 e. The van der Waals surface area contributed by atoms with Crippen LogP contribution in [0.5, 0.6) is 11.5 Å². The fourth-order valence-electron chi connectivity index (χ4n) is 2.93. The predicted octanol–water partition coefficient (Wildman–Crippen LogP) is 5.34. The average molecular weight is 547 g/mol. The summed E-state index contributed by atoms with van der Waals surface area (Å²) in [6.45, 7) is 0.453. The molecular formula is C24H21Br2NO4. The zero-order chi connectivity index (χ0) is 22.2. The van der Waals surface area contributed by atoms with Crippen molar-refractivity contribution in [2.75, 3.05) is 13.7 Å². The molecule has 0 bridgehead atoms. The molecule has 0 aliphatic rings. The van der Waals surface area contributed by atoms with E-state index in [9.17, 15) is 9.59 Å². The van der Waals surface area contributed by atoms with Crippen LogP contribution in [0.15, 0.2) is 75.7 Å². The normalized spacial score (nSPS) is 10.4. The second kappa shape index (κ2) is 11.1. The molecule has 0 radical (unpaired) electrons. The van der Waals surface area contributed by atoms with Crippen LogP contribution in [0.2, 0.25) is 0 Å². The second-order valence-electron chi connectivity index (χ2n) is 6.74. The molecular weight excluding hydrogens is 526 g/mol. The highest BCUT2D eigenvalue weighted by Gasteiger charge is 2.11. The van der Waals surface area contributed by atoms with Crippen molar-refractivity contribution in [3.63, 3.8) is 0 Å². The number of esters is 1. The molecule has 0 fully saturated rings. The van der Waals surface area contributed by atoms with Crippen molar-refractivity contribution in [2.24, 2.45) is 0 Å². The summed E-state index contributed by atoms with van der Waals surface area (Å²) in [6, 6.07) is 19.7. The van der Waals surface area contributed by atoms with Crippen LogP contribution in [0.4, 0.5) is 0 Å². The molecule has 0 atom stereocenters. The zero-order valence-corrected chi connectivity index (χ0v) is 20.0. The number of hydrogen-bond donors (Lipinski definition) is 1. The predicted molar refractivity (Wildman–Crippen MR) is 127 cm³/mol. The molecule has 0 aliphatic carbocycles. The van der Waals surface area contributed by atoms with Crippen LogP contribution in [0, 0.1) is 0 Å². The molecule has 0 saturated heterocycles. The number of methoxy groups -OCH3 is 1. The Morgan fingerprint density at radius 2 is 1.52 bits per heavy atom. The van der Waals surface area contributed by atoms with Gasteiger partial charge in [-0.1, -0.05) is 50.1 Å². The van der Waals surface area contributed by atoms with Gasteiger partial charge in [0.15, 0.2) is 0 Å². The third kappa shape index (κ3) is 6.67. The number of rotatable bonds is 8. The van der Waals surface area contributed by atoms with E-state index in [2.05, 4.69) is 37.2 Å². The number of carbonyl (C=O) groups excluding carboxylic acids is 2. The van der Waals surface area contributed by atoms with Gasteiger partial charge in [-0.15, -0.1) is 0 Å². The van der Waals surface area contributed by atoms with Gasteiger partial charge in [0.2, 0.25) is 5.91 Å². The molecule has 3 rings (SSSR count). The summed E-state index contributed by atoms with van der Waals surface area (Å²) in [4.78, 5) is 24.6. The van der Waals surface area contributed by atoms with Crippen LogP contribution in [-0.4, -0.2) is 25.5 Å². The molecule has 160 valence electrons.